The molecule has 0 saturated carbocycles. The number of carbonyl (C=O) groups excluding carboxylic acids is 2. The summed E-state index contributed by atoms with van der Waals surface area (Å²) in [5.74, 6) is 0.533. The number of hydrogen-bond acceptors (Lipinski definition) is 6. The lowest BCUT2D eigenvalue weighted by Crippen LogP contribution is -2.44. The molecule has 156 valence electrons. The quantitative estimate of drug-likeness (QED) is 0.518. The van der Waals surface area contributed by atoms with E-state index < -0.39 is 6.04 Å². The lowest BCUT2D eigenvalue weighted by atomic mass is 9.97. The molecule has 6 nitrogen and oxygen atoms in total. The minimum absolute atomic E-state index is 0.114. The van der Waals surface area contributed by atoms with Gasteiger partial charge in [-0.05, 0) is 43.9 Å². The minimum atomic E-state index is -0.529. The van der Waals surface area contributed by atoms with E-state index in [0.717, 1.165) is 42.7 Å². The fourth-order valence-corrected chi connectivity index (χ4v) is 4.82. The van der Waals surface area contributed by atoms with Crippen molar-refractivity contribution in [1.29, 1.82) is 0 Å². The minimum Gasteiger partial charge on any atom is -0.494 e. The largest absolute Gasteiger partial charge is 0.494 e. The van der Waals surface area contributed by atoms with Gasteiger partial charge in [0.1, 0.15) is 11.8 Å². The third-order valence-corrected chi connectivity index (χ3v) is 6.48. The molecule has 0 aliphatic carbocycles. The molecule has 2 heterocycles. The molecule has 1 N–H and O–H groups in total. The predicted molar refractivity (Wildman–Crippen MR) is 117 cm³/mol. The topological polar surface area (TPSA) is 71.0 Å². The first-order valence-electron chi connectivity index (χ1n) is 10.3. The average molecular weight is 416 g/mol. The summed E-state index contributed by atoms with van der Waals surface area (Å²) < 4.78 is 5.82. The number of nitrogens with zero attached hydrogens (tertiary/aromatic N) is 2. The van der Waals surface area contributed by atoms with Crippen LogP contribution in [0, 0.1) is 0 Å². The maximum Gasteiger partial charge on any atom is 0.262 e. The number of thioether (sulfide) groups is 1. The van der Waals surface area contributed by atoms with Crippen LogP contribution in [0.25, 0.3) is 0 Å². The Balaban J connectivity index is 1.92. The summed E-state index contributed by atoms with van der Waals surface area (Å²) in [4.78, 5) is 27.2. The molecule has 2 aliphatic heterocycles. The van der Waals surface area contributed by atoms with Crippen LogP contribution in [0.4, 0.5) is 0 Å². The van der Waals surface area contributed by atoms with Crippen molar-refractivity contribution in [3.8, 4) is 5.75 Å². The number of benzene rings is 1. The number of hydrazone groups is 1. The van der Waals surface area contributed by atoms with Gasteiger partial charge in [0, 0.05) is 29.6 Å². The maximum atomic E-state index is 13.3. The SMILES string of the molecule is CCOc1ccccc1C(C(=O)NN=C(CC)CC)N1CCC2SC(=O)C=C2C1. The number of rotatable bonds is 8. The second-order valence-electron chi connectivity index (χ2n) is 7.14. The molecule has 7 heteroatoms. The third kappa shape index (κ3) is 5.08. The molecular formula is C22H29N3O3S. The smallest absolute Gasteiger partial charge is 0.262 e. The first-order chi connectivity index (χ1) is 14.1. The van der Waals surface area contributed by atoms with E-state index >= 15 is 0 Å². The van der Waals surface area contributed by atoms with Crippen molar-refractivity contribution in [2.24, 2.45) is 5.10 Å². The Bertz CT molecular complexity index is 815. The van der Waals surface area contributed by atoms with Gasteiger partial charge < -0.3 is 4.74 Å². The average Bonchev–Trinajstić information content (AvgIpc) is 3.10. The summed E-state index contributed by atoms with van der Waals surface area (Å²) in [6, 6.07) is 7.14. The molecule has 0 bridgehead atoms. The molecule has 2 unspecified atom stereocenters. The zero-order valence-corrected chi connectivity index (χ0v) is 18.1. The summed E-state index contributed by atoms with van der Waals surface area (Å²) in [6.45, 7) is 7.85. The molecule has 0 spiro atoms. The van der Waals surface area contributed by atoms with E-state index in [-0.39, 0.29) is 16.3 Å². The lowest BCUT2D eigenvalue weighted by molar-refractivity contribution is -0.126. The van der Waals surface area contributed by atoms with Crippen LogP contribution in [0.1, 0.15) is 51.6 Å². The van der Waals surface area contributed by atoms with Gasteiger partial charge in [0.15, 0.2) is 0 Å². The molecule has 3 rings (SSSR count). The van der Waals surface area contributed by atoms with Crippen LogP contribution in [-0.4, -0.2) is 46.6 Å². The fraction of sp³-hybridized carbons (Fsp3) is 0.500. The van der Waals surface area contributed by atoms with Crippen molar-refractivity contribution in [3.63, 3.8) is 0 Å². The van der Waals surface area contributed by atoms with E-state index in [1.165, 1.54) is 11.8 Å². The van der Waals surface area contributed by atoms with Gasteiger partial charge in [-0.15, -0.1) is 0 Å². The number of amides is 1. The van der Waals surface area contributed by atoms with Crippen LogP contribution in [0.2, 0.25) is 0 Å². The zero-order valence-electron chi connectivity index (χ0n) is 17.3. The van der Waals surface area contributed by atoms with Gasteiger partial charge in [0.25, 0.3) is 5.91 Å². The van der Waals surface area contributed by atoms with Gasteiger partial charge >= 0.3 is 0 Å². The summed E-state index contributed by atoms with van der Waals surface area (Å²) >= 11 is 1.39. The van der Waals surface area contributed by atoms with E-state index in [4.69, 9.17) is 4.74 Å². The van der Waals surface area contributed by atoms with E-state index in [0.29, 0.717) is 18.9 Å². The molecule has 1 fully saturated rings. The van der Waals surface area contributed by atoms with Gasteiger partial charge in [-0.1, -0.05) is 43.8 Å². The molecule has 1 aromatic carbocycles. The molecule has 29 heavy (non-hydrogen) atoms. The number of likely N-dealkylation sites (tertiary alicyclic amines) is 1. The maximum absolute atomic E-state index is 13.3. The summed E-state index contributed by atoms with van der Waals surface area (Å²) in [7, 11) is 0. The van der Waals surface area contributed by atoms with Crippen molar-refractivity contribution >= 4 is 28.5 Å². The van der Waals surface area contributed by atoms with Crippen LogP contribution in [0.15, 0.2) is 41.0 Å². The Morgan fingerprint density at radius 1 is 1.31 bits per heavy atom. The Morgan fingerprint density at radius 2 is 2.07 bits per heavy atom. The van der Waals surface area contributed by atoms with Crippen LogP contribution in [-0.2, 0) is 9.59 Å². The summed E-state index contributed by atoms with van der Waals surface area (Å²) in [5.41, 5.74) is 5.66. The second kappa shape index (κ2) is 10.1. The number of piperidine rings is 1. The molecule has 1 aromatic rings. The van der Waals surface area contributed by atoms with E-state index in [9.17, 15) is 9.59 Å². The Morgan fingerprint density at radius 3 is 2.79 bits per heavy atom. The van der Waals surface area contributed by atoms with Crippen molar-refractivity contribution in [1.82, 2.24) is 10.3 Å². The predicted octanol–water partition coefficient (Wildman–Crippen LogP) is 3.69. The van der Waals surface area contributed by atoms with E-state index in [1.54, 1.807) is 6.08 Å². The molecule has 1 saturated heterocycles. The van der Waals surface area contributed by atoms with E-state index in [1.807, 2.05) is 45.0 Å². The van der Waals surface area contributed by atoms with Gasteiger partial charge in [-0.3, -0.25) is 14.5 Å². The van der Waals surface area contributed by atoms with Gasteiger partial charge in [-0.2, -0.15) is 5.10 Å². The Kier molecular flexibility index (Phi) is 7.50. The first-order valence-corrected chi connectivity index (χ1v) is 11.2. The number of hydrogen-bond donors (Lipinski definition) is 1. The van der Waals surface area contributed by atoms with Crippen molar-refractivity contribution in [2.45, 2.75) is 51.3 Å². The molecule has 2 aliphatic rings. The monoisotopic (exact) mass is 415 g/mol. The van der Waals surface area contributed by atoms with Crippen molar-refractivity contribution < 1.29 is 14.3 Å². The van der Waals surface area contributed by atoms with Gasteiger partial charge in [0.2, 0.25) is 5.12 Å². The van der Waals surface area contributed by atoms with Gasteiger partial charge in [0.05, 0.1) is 6.61 Å². The molecular weight excluding hydrogens is 386 g/mol. The number of ether oxygens (including phenoxy) is 1. The molecule has 0 radical (unpaired) electrons. The summed E-state index contributed by atoms with van der Waals surface area (Å²) in [5, 5.41) is 4.69. The normalized spacial score (nSPS) is 19.9. The molecule has 1 amide bonds. The number of nitrogens with one attached hydrogen (secondary N) is 1. The van der Waals surface area contributed by atoms with Crippen molar-refractivity contribution in [3.05, 3.63) is 41.5 Å². The lowest BCUT2D eigenvalue weighted by Gasteiger charge is -2.36. The molecule has 0 aromatic heterocycles. The number of fused-ring (bicyclic) bond motifs is 1. The standard InChI is InChI=1S/C22H29N3O3S/c1-4-16(5-2)23-24-22(27)21(17-9-7-8-10-18(17)28-6-3)25-12-11-19-15(14-25)13-20(26)29-19/h7-10,13,19,21H,4-6,11-12,14H2,1-3H3,(H,24,27). The highest BCUT2D eigenvalue weighted by molar-refractivity contribution is 8.15. The third-order valence-electron chi connectivity index (χ3n) is 5.31. The Hall–Kier alpha value is -2.12. The van der Waals surface area contributed by atoms with Crippen molar-refractivity contribution in [2.75, 3.05) is 19.7 Å². The first kappa shape index (κ1) is 21.6. The van der Waals surface area contributed by atoms with Crippen LogP contribution >= 0.6 is 11.8 Å². The number of para-hydroxylation sites is 1. The molecule has 2 atom stereocenters. The number of carbonyl (C=O) groups is 2. The van der Waals surface area contributed by atoms with Crippen LogP contribution in [0.3, 0.4) is 0 Å². The van der Waals surface area contributed by atoms with E-state index in [2.05, 4.69) is 15.4 Å². The second-order valence-corrected chi connectivity index (χ2v) is 8.35. The fourth-order valence-electron chi connectivity index (χ4n) is 3.80. The van der Waals surface area contributed by atoms with Gasteiger partial charge in [-0.25, -0.2) is 5.43 Å². The van der Waals surface area contributed by atoms with Crippen LogP contribution in [0.5, 0.6) is 5.75 Å². The Labute approximate surface area is 176 Å². The highest BCUT2D eigenvalue weighted by Crippen LogP contribution is 2.39. The highest BCUT2D eigenvalue weighted by Gasteiger charge is 2.37. The highest BCUT2D eigenvalue weighted by atomic mass is 32.2. The van der Waals surface area contributed by atoms with Crippen LogP contribution < -0.4 is 10.2 Å². The zero-order chi connectivity index (χ0) is 20.8. The summed E-state index contributed by atoms with van der Waals surface area (Å²) in [6.07, 6.45) is 4.18.